The summed E-state index contributed by atoms with van der Waals surface area (Å²) in [6.07, 6.45) is 6.80. The number of amides is 2. The van der Waals surface area contributed by atoms with E-state index in [-0.39, 0.29) is 43.5 Å². The van der Waals surface area contributed by atoms with E-state index in [1.807, 2.05) is 33.8 Å². The summed E-state index contributed by atoms with van der Waals surface area (Å²) in [4.78, 5) is 44.5. The molecule has 3 heterocycles. The number of carbonyl (C=O) groups is 3. The van der Waals surface area contributed by atoms with Crippen molar-refractivity contribution in [2.75, 3.05) is 26.3 Å². The number of hydrogen-bond acceptors (Lipinski definition) is 6. The molecule has 3 rings (SSSR count). The molecule has 3 saturated heterocycles. The normalized spacial score (nSPS) is 33.2. The van der Waals surface area contributed by atoms with Gasteiger partial charge >= 0.3 is 5.97 Å². The Morgan fingerprint density at radius 2 is 2.00 bits per heavy atom. The standard InChI is InChI=1S/C27H42N2O6/c1-7-9-10-11-16-34-25(33)21-20-23(31)29(14-12-15-30)22(24(32)28(13-8-2)18(3)4)27(20)17-19(5)26(21,6)35-27/h7-8,18-22,30H,1-2,9-17H2,3-6H3/t19?,20-,21+,22?,26-,27?/m0/s1. The minimum Gasteiger partial charge on any atom is -0.465 e. The fourth-order valence-electron chi connectivity index (χ4n) is 6.36. The van der Waals surface area contributed by atoms with E-state index in [1.165, 1.54) is 0 Å². The average molecular weight is 491 g/mol. The Morgan fingerprint density at radius 3 is 2.60 bits per heavy atom. The molecule has 8 nitrogen and oxygen atoms in total. The predicted molar refractivity (Wildman–Crippen MR) is 132 cm³/mol. The third kappa shape index (κ3) is 4.55. The largest absolute Gasteiger partial charge is 0.465 e. The molecule has 3 fully saturated rings. The van der Waals surface area contributed by atoms with Gasteiger partial charge in [0.2, 0.25) is 11.8 Å². The molecule has 3 aliphatic rings. The lowest BCUT2D eigenvalue weighted by Gasteiger charge is -2.38. The Hall–Kier alpha value is -2.19. The van der Waals surface area contributed by atoms with Gasteiger partial charge in [-0.15, -0.1) is 13.2 Å². The molecule has 0 aromatic rings. The lowest BCUT2D eigenvalue weighted by molar-refractivity contribution is -0.162. The van der Waals surface area contributed by atoms with Gasteiger partial charge in [0.25, 0.3) is 0 Å². The molecule has 35 heavy (non-hydrogen) atoms. The highest BCUT2D eigenvalue weighted by Gasteiger charge is 2.80. The third-order valence-electron chi connectivity index (χ3n) is 8.14. The molecule has 6 atom stereocenters. The van der Waals surface area contributed by atoms with Gasteiger partial charge in [-0.25, -0.2) is 0 Å². The van der Waals surface area contributed by atoms with Crippen molar-refractivity contribution < 1.29 is 29.0 Å². The van der Waals surface area contributed by atoms with Crippen molar-refractivity contribution in [3.05, 3.63) is 25.3 Å². The zero-order valence-electron chi connectivity index (χ0n) is 21.7. The Kier molecular flexibility index (Phi) is 8.48. The lowest BCUT2D eigenvalue weighted by Crippen LogP contribution is -2.57. The number of esters is 1. The van der Waals surface area contributed by atoms with Gasteiger partial charge in [0.15, 0.2) is 0 Å². The molecule has 2 amide bonds. The highest BCUT2D eigenvalue weighted by Crippen LogP contribution is 2.65. The van der Waals surface area contributed by atoms with E-state index >= 15 is 0 Å². The Bertz CT molecular complexity index is 844. The quantitative estimate of drug-likeness (QED) is 0.242. The number of aliphatic hydroxyl groups is 1. The maximum atomic E-state index is 14.0. The Morgan fingerprint density at radius 1 is 1.29 bits per heavy atom. The molecule has 8 heteroatoms. The van der Waals surface area contributed by atoms with E-state index < -0.39 is 35.0 Å². The molecule has 196 valence electrons. The Labute approximate surface area is 209 Å². The van der Waals surface area contributed by atoms with Crippen LogP contribution >= 0.6 is 0 Å². The second-order valence-electron chi connectivity index (χ2n) is 10.6. The number of unbranched alkanes of at least 4 members (excludes halogenated alkanes) is 2. The van der Waals surface area contributed by atoms with Crippen LogP contribution < -0.4 is 0 Å². The molecule has 1 N–H and O–H groups in total. The van der Waals surface area contributed by atoms with Gasteiger partial charge in [-0.05, 0) is 58.8 Å². The van der Waals surface area contributed by atoms with E-state index in [0.29, 0.717) is 19.4 Å². The molecule has 0 saturated carbocycles. The van der Waals surface area contributed by atoms with Crippen molar-refractivity contribution in [3.8, 4) is 0 Å². The average Bonchev–Trinajstić information content (AvgIpc) is 3.31. The second-order valence-corrected chi connectivity index (χ2v) is 10.6. The smallest absolute Gasteiger partial charge is 0.312 e. The molecule has 2 bridgehead atoms. The second kappa shape index (κ2) is 10.8. The molecular weight excluding hydrogens is 448 g/mol. The third-order valence-corrected chi connectivity index (χ3v) is 8.14. The summed E-state index contributed by atoms with van der Waals surface area (Å²) in [6.45, 7) is 16.0. The van der Waals surface area contributed by atoms with Crippen molar-refractivity contribution in [1.29, 1.82) is 0 Å². The molecule has 0 radical (unpaired) electrons. The molecule has 0 aromatic heterocycles. The van der Waals surface area contributed by atoms with Gasteiger partial charge < -0.3 is 24.4 Å². The van der Waals surface area contributed by atoms with Crippen LogP contribution in [0.5, 0.6) is 0 Å². The summed E-state index contributed by atoms with van der Waals surface area (Å²) in [5.41, 5.74) is -1.99. The molecule has 0 aromatic carbocycles. The van der Waals surface area contributed by atoms with E-state index in [9.17, 15) is 19.5 Å². The van der Waals surface area contributed by atoms with Gasteiger partial charge in [0.1, 0.15) is 17.6 Å². The van der Waals surface area contributed by atoms with Crippen LogP contribution in [0, 0.1) is 17.8 Å². The highest BCUT2D eigenvalue weighted by atomic mass is 16.6. The maximum Gasteiger partial charge on any atom is 0.312 e. The first-order valence-corrected chi connectivity index (χ1v) is 12.9. The number of carbonyl (C=O) groups excluding carboxylic acids is 3. The molecule has 0 aliphatic carbocycles. The fraction of sp³-hybridized carbons (Fsp3) is 0.741. The number of ether oxygens (including phenoxy) is 2. The zero-order valence-corrected chi connectivity index (χ0v) is 21.7. The molecular formula is C27H42N2O6. The monoisotopic (exact) mass is 490 g/mol. The Balaban J connectivity index is 1.98. The maximum absolute atomic E-state index is 14.0. The minimum absolute atomic E-state index is 0.0372. The first kappa shape index (κ1) is 27.4. The van der Waals surface area contributed by atoms with E-state index in [1.54, 1.807) is 15.9 Å². The number of allylic oxidation sites excluding steroid dienone is 1. The first-order chi connectivity index (χ1) is 16.6. The van der Waals surface area contributed by atoms with Crippen molar-refractivity contribution >= 4 is 17.8 Å². The number of nitrogens with zero attached hydrogens (tertiary/aromatic N) is 2. The summed E-state index contributed by atoms with van der Waals surface area (Å²) < 4.78 is 12.3. The van der Waals surface area contributed by atoms with Crippen LogP contribution in [0.3, 0.4) is 0 Å². The van der Waals surface area contributed by atoms with Crippen LogP contribution in [0.1, 0.15) is 59.8 Å². The van der Waals surface area contributed by atoms with Crippen molar-refractivity contribution in [1.82, 2.24) is 9.80 Å². The summed E-state index contributed by atoms with van der Waals surface area (Å²) in [6, 6.07) is -0.961. The first-order valence-electron chi connectivity index (χ1n) is 12.9. The summed E-state index contributed by atoms with van der Waals surface area (Å²) in [7, 11) is 0. The van der Waals surface area contributed by atoms with Crippen molar-refractivity contribution in [3.63, 3.8) is 0 Å². The predicted octanol–water partition coefficient (Wildman–Crippen LogP) is 2.70. The van der Waals surface area contributed by atoms with E-state index in [0.717, 1.165) is 19.3 Å². The number of hydrogen-bond donors (Lipinski definition) is 1. The van der Waals surface area contributed by atoms with Crippen molar-refractivity contribution in [2.24, 2.45) is 17.8 Å². The topological polar surface area (TPSA) is 96.4 Å². The molecule has 3 aliphatic heterocycles. The van der Waals surface area contributed by atoms with Crippen LogP contribution in [0.2, 0.25) is 0 Å². The van der Waals surface area contributed by atoms with Crippen LogP contribution in [-0.4, -0.2) is 82.3 Å². The fourth-order valence-corrected chi connectivity index (χ4v) is 6.36. The van der Waals surface area contributed by atoms with Crippen LogP contribution in [0.15, 0.2) is 25.3 Å². The van der Waals surface area contributed by atoms with E-state index in [4.69, 9.17) is 9.47 Å². The minimum atomic E-state index is -1.10. The number of rotatable bonds is 13. The number of likely N-dealkylation sites (tertiary alicyclic amines) is 1. The SMILES string of the molecule is C=CCCCCOC(=O)[C@H]1[C@H]2C(=O)N(CCCO)C(C(=O)N(CC=C)C(C)C)C23CC(C)[C@]1(C)O3. The summed E-state index contributed by atoms with van der Waals surface area (Å²) in [5, 5.41) is 9.48. The number of aliphatic hydroxyl groups excluding tert-OH is 1. The summed E-state index contributed by atoms with van der Waals surface area (Å²) in [5.74, 6) is -2.49. The van der Waals surface area contributed by atoms with E-state index in [2.05, 4.69) is 13.2 Å². The number of fused-ring (bicyclic) bond motifs is 1. The van der Waals surface area contributed by atoms with Gasteiger partial charge in [0.05, 0.1) is 18.1 Å². The molecule has 3 unspecified atom stereocenters. The highest BCUT2D eigenvalue weighted by molar-refractivity contribution is 5.98. The molecule has 1 spiro atoms. The zero-order chi connectivity index (χ0) is 26.0. The van der Waals surface area contributed by atoms with Crippen molar-refractivity contribution in [2.45, 2.75) is 83.1 Å². The van der Waals surface area contributed by atoms with Gasteiger partial charge in [-0.1, -0.05) is 19.1 Å². The van der Waals surface area contributed by atoms with Crippen LogP contribution in [0.25, 0.3) is 0 Å². The lowest BCUT2D eigenvalue weighted by atomic mass is 9.62. The summed E-state index contributed by atoms with van der Waals surface area (Å²) >= 11 is 0. The van der Waals surface area contributed by atoms with Crippen LogP contribution in [-0.2, 0) is 23.9 Å². The van der Waals surface area contributed by atoms with Gasteiger partial charge in [-0.2, -0.15) is 0 Å². The van der Waals surface area contributed by atoms with Crippen LogP contribution in [0.4, 0.5) is 0 Å². The van der Waals surface area contributed by atoms with Gasteiger partial charge in [0, 0.05) is 25.7 Å². The van der Waals surface area contributed by atoms with Gasteiger partial charge in [-0.3, -0.25) is 14.4 Å².